The maximum Gasteiger partial charge on any atom is 0.123 e. The van der Waals surface area contributed by atoms with Gasteiger partial charge in [0.15, 0.2) is 0 Å². The van der Waals surface area contributed by atoms with Crippen LogP contribution < -0.4 is 10.5 Å². The molecule has 0 spiro atoms. The summed E-state index contributed by atoms with van der Waals surface area (Å²) in [6.45, 7) is 10.5. The summed E-state index contributed by atoms with van der Waals surface area (Å²) in [5, 5.41) is 0. The van der Waals surface area contributed by atoms with Gasteiger partial charge in [-0.3, -0.25) is 0 Å². The molecule has 2 nitrogen and oxygen atoms in total. The van der Waals surface area contributed by atoms with Crippen molar-refractivity contribution in [1.82, 2.24) is 0 Å². The highest BCUT2D eigenvalue weighted by molar-refractivity contribution is 5.50. The summed E-state index contributed by atoms with van der Waals surface area (Å²) in [7, 11) is 0. The molecule has 0 aromatic heterocycles. The first-order valence-electron chi connectivity index (χ1n) is 5.37. The fraction of sp³-hybridized carbons (Fsp3) is 0.538. The van der Waals surface area contributed by atoms with E-state index >= 15 is 0 Å². The molecule has 1 aromatic carbocycles. The number of benzene rings is 1. The van der Waals surface area contributed by atoms with Gasteiger partial charge in [-0.15, -0.1) is 0 Å². The lowest BCUT2D eigenvalue weighted by atomic mass is 9.86. The van der Waals surface area contributed by atoms with E-state index in [-0.39, 0.29) is 11.5 Å². The van der Waals surface area contributed by atoms with Crippen molar-refractivity contribution in [3.8, 4) is 5.75 Å². The molecule has 0 radical (unpaired) electrons. The highest BCUT2D eigenvalue weighted by Gasteiger charge is 2.19. The number of rotatable bonds is 2. The normalized spacial score (nSPS) is 11.9. The third-order valence-corrected chi connectivity index (χ3v) is 2.17. The predicted molar refractivity (Wildman–Crippen MR) is 65.3 cm³/mol. The van der Waals surface area contributed by atoms with Crippen molar-refractivity contribution in [2.45, 2.75) is 46.1 Å². The highest BCUT2D eigenvalue weighted by atomic mass is 16.5. The molecular weight excluding hydrogens is 186 g/mol. The highest BCUT2D eigenvalue weighted by Crippen LogP contribution is 2.33. The van der Waals surface area contributed by atoms with Gasteiger partial charge in [0.25, 0.3) is 0 Å². The van der Waals surface area contributed by atoms with Crippen LogP contribution in [0.3, 0.4) is 0 Å². The Labute approximate surface area is 92.4 Å². The summed E-state index contributed by atoms with van der Waals surface area (Å²) in [6.07, 6.45) is 0.190. The van der Waals surface area contributed by atoms with Gasteiger partial charge in [0.05, 0.1) is 6.10 Å². The van der Waals surface area contributed by atoms with Crippen LogP contribution in [0.5, 0.6) is 5.75 Å². The van der Waals surface area contributed by atoms with Gasteiger partial charge in [-0.2, -0.15) is 0 Å². The van der Waals surface area contributed by atoms with Crippen LogP contribution in [0.2, 0.25) is 0 Å². The number of hydrogen-bond acceptors (Lipinski definition) is 2. The van der Waals surface area contributed by atoms with E-state index in [0.29, 0.717) is 0 Å². The zero-order chi connectivity index (χ0) is 11.6. The van der Waals surface area contributed by atoms with Gasteiger partial charge in [0.1, 0.15) is 5.75 Å². The third kappa shape index (κ3) is 3.15. The molecule has 0 aliphatic heterocycles. The maximum absolute atomic E-state index is 5.80. The van der Waals surface area contributed by atoms with Crippen LogP contribution in [-0.4, -0.2) is 6.10 Å². The second-order valence-electron chi connectivity index (χ2n) is 5.17. The van der Waals surface area contributed by atoms with Crippen molar-refractivity contribution >= 4 is 5.69 Å². The van der Waals surface area contributed by atoms with Crippen LogP contribution in [0.15, 0.2) is 18.2 Å². The van der Waals surface area contributed by atoms with Crippen molar-refractivity contribution in [2.24, 2.45) is 0 Å². The minimum Gasteiger partial charge on any atom is -0.491 e. The molecule has 0 saturated heterocycles. The minimum absolute atomic E-state index is 0.0552. The number of ether oxygens (including phenoxy) is 1. The van der Waals surface area contributed by atoms with E-state index in [1.54, 1.807) is 0 Å². The Hall–Kier alpha value is -1.18. The van der Waals surface area contributed by atoms with Gasteiger partial charge < -0.3 is 10.5 Å². The smallest absolute Gasteiger partial charge is 0.123 e. The van der Waals surface area contributed by atoms with E-state index in [9.17, 15) is 0 Å². The Bertz CT molecular complexity index is 337. The first-order valence-corrected chi connectivity index (χ1v) is 5.37. The van der Waals surface area contributed by atoms with E-state index in [4.69, 9.17) is 10.5 Å². The summed E-state index contributed by atoms with van der Waals surface area (Å²) in [4.78, 5) is 0. The van der Waals surface area contributed by atoms with Crippen molar-refractivity contribution in [2.75, 3.05) is 5.73 Å². The summed E-state index contributed by atoms with van der Waals surface area (Å²) in [5.74, 6) is 0.937. The summed E-state index contributed by atoms with van der Waals surface area (Å²) >= 11 is 0. The van der Waals surface area contributed by atoms with Gasteiger partial charge >= 0.3 is 0 Å². The molecular formula is C13H21NO. The molecule has 0 heterocycles. The van der Waals surface area contributed by atoms with Gasteiger partial charge in [-0.05, 0) is 37.5 Å². The maximum atomic E-state index is 5.80. The molecule has 15 heavy (non-hydrogen) atoms. The average molecular weight is 207 g/mol. The van der Waals surface area contributed by atoms with Crippen LogP contribution in [0.25, 0.3) is 0 Å². The Morgan fingerprint density at radius 2 is 1.80 bits per heavy atom. The molecule has 0 aliphatic carbocycles. The van der Waals surface area contributed by atoms with Crippen molar-refractivity contribution in [1.29, 1.82) is 0 Å². The van der Waals surface area contributed by atoms with Gasteiger partial charge in [-0.25, -0.2) is 0 Å². The lowest BCUT2D eigenvalue weighted by Gasteiger charge is -2.24. The van der Waals surface area contributed by atoms with Crippen molar-refractivity contribution in [3.63, 3.8) is 0 Å². The molecule has 0 bridgehead atoms. The lowest BCUT2D eigenvalue weighted by Crippen LogP contribution is -2.16. The molecule has 0 fully saturated rings. The topological polar surface area (TPSA) is 35.2 Å². The third-order valence-electron chi connectivity index (χ3n) is 2.17. The van der Waals surface area contributed by atoms with Crippen LogP contribution in [0, 0.1) is 0 Å². The molecule has 0 aliphatic rings. The Morgan fingerprint density at radius 1 is 1.20 bits per heavy atom. The van der Waals surface area contributed by atoms with E-state index in [1.165, 1.54) is 0 Å². The Morgan fingerprint density at radius 3 is 2.27 bits per heavy atom. The number of hydrogen-bond donors (Lipinski definition) is 1. The molecule has 2 heteroatoms. The Balaban J connectivity index is 3.15. The summed E-state index contributed by atoms with van der Waals surface area (Å²) < 4.78 is 5.77. The van der Waals surface area contributed by atoms with E-state index in [2.05, 4.69) is 20.8 Å². The SMILES string of the molecule is CC(C)Oc1ccc(N)cc1C(C)(C)C. The largest absolute Gasteiger partial charge is 0.491 e. The van der Waals surface area contributed by atoms with Crippen LogP contribution in [-0.2, 0) is 5.41 Å². The zero-order valence-corrected chi connectivity index (χ0v) is 10.3. The fourth-order valence-electron chi connectivity index (χ4n) is 1.49. The van der Waals surface area contributed by atoms with Crippen LogP contribution >= 0.6 is 0 Å². The second kappa shape index (κ2) is 4.13. The second-order valence-corrected chi connectivity index (χ2v) is 5.17. The van der Waals surface area contributed by atoms with E-state index < -0.39 is 0 Å². The molecule has 84 valence electrons. The molecule has 0 amide bonds. The molecule has 0 atom stereocenters. The van der Waals surface area contributed by atoms with Crippen LogP contribution in [0.1, 0.15) is 40.2 Å². The minimum atomic E-state index is 0.0552. The number of nitrogen functional groups attached to an aromatic ring is 1. The molecule has 0 saturated carbocycles. The lowest BCUT2D eigenvalue weighted by molar-refractivity contribution is 0.236. The molecule has 2 N–H and O–H groups in total. The van der Waals surface area contributed by atoms with Gasteiger partial charge in [-0.1, -0.05) is 20.8 Å². The van der Waals surface area contributed by atoms with Crippen LogP contribution in [0.4, 0.5) is 5.69 Å². The molecule has 1 rings (SSSR count). The summed E-state index contributed by atoms with van der Waals surface area (Å²) in [5.41, 5.74) is 7.81. The van der Waals surface area contributed by atoms with Crippen molar-refractivity contribution < 1.29 is 4.74 Å². The molecule has 1 aromatic rings. The zero-order valence-electron chi connectivity index (χ0n) is 10.3. The number of nitrogens with two attached hydrogens (primary N) is 1. The predicted octanol–water partition coefficient (Wildman–Crippen LogP) is 3.35. The number of anilines is 1. The Kier molecular flexibility index (Phi) is 3.28. The fourth-order valence-corrected chi connectivity index (χ4v) is 1.49. The quantitative estimate of drug-likeness (QED) is 0.755. The van der Waals surface area contributed by atoms with E-state index in [1.807, 2.05) is 32.0 Å². The average Bonchev–Trinajstić information content (AvgIpc) is 2.05. The summed E-state index contributed by atoms with van der Waals surface area (Å²) in [6, 6.07) is 5.83. The standard InChI is InChI=1S/C13H21NO/c1-9(2)15-12-7-6-10(14)8-11(12)13(3,4)5/h6-9H,14H2,1-5H3. The van der Waals surface area contributed by atoms with E-state index in [0.717, 1.165) is 17.0 Å². The first-order chi connectivity index (χ1) is 6.80. The van der Waals surface area contributed by atoms with Gasteiger partial charge in [0, 0.05) is 11.3 Å². The van der Waals surface area contributed by atoms with Crippen molar-refractivity contribution in [3.05, 3.63) is 23.8 Å². The van der Waals surface area contributed by atoms with Gasteiger partial charge in [0.2, 0.25) is 0 Å². The molecule has 0 unspecified atom stereocenters. The first kappa shape index (κ1) is 11.9. The monoisotopic (exact) mass is 207 g/mol.